The summed E-state index contributed by atoms with van der Waals surface area (Å²) in [5.41, 5.74) is 5.61. The zero-order valence-electron chi connectivity index (χ0n) is 10.6. The molecule has 0 radical (unpaired) electrons. The predicted octanol–water partition coefficient (Wildman–Crippen LogP) is 2.95. The van der Waals surface area contributed by atoms with Gasteiger partial charge in [-0.2, -0.15) is 0 Å². The lowest BCUT2D eigenvalue weighted by Gasteiger charge is -2.18. The quantitative estimate of drug-likeness (QED) is 0.573. The lowest BCUT2D eigenvalue weighted by atomic mass is 10.0. The smallest absolute Gasteiger partial charge is 0.0913 e. The summed E-state index contributed by atoms with van der Waals surface area (Å²) in [5.74, 6) is 5.76. The number of pyridine rings is 2. The maximum absolute atomic E-state index is 5.76. The van der Waals surface area contributed by atoms with Crippen LogP contribution in [0.25, 0.3) is 10.9 Å². The van der Waals surface area contributed by atoms with Crippen molar-refractivity contribution in [3.63, 3.8) is 0 Å². The molecule has 0 aliphatic heterocycles. The molecule has 0 aliphatic rings. The molecule has 1 atom stereocenters. The van der Waals surface area contributed by atoms with Crippen LogP contribution in [0.2, 0.25) is 0 Å². The Kier molecular flexibility index (Phi) is 3.73. The molecule has 2 aromatic heterocycles. The second-order valence-electron chi connectivity index (χ2n) is 4.39. The van der Waals surface area contributed by atoms with Crippen LogP contribution in [0, 0.1) is 0 Å². The van der Waals surface area contributed by atoms with Gasteiger partial charge in [0.25, 0.3) is 0 Å². The molecule has 100 valence electrons. The molecule has 1 unspecified atom stereocenters. The Morgan fingerprint density at radius 3 is 2.55 bits per heavy atom. The van der Waals surface area contributed by atoms with Crippen molar-refractivity contribution in [1.29, 1.82) is 0 Å². The van der Waals surface area contributed by atoms with E-state index in [-0.39, 0.29) is 6.04 Å². The molecule has 0 saturated carbocycles. The monoisotopic (exact) mass is 328 g/mol. The summed E-state index contributed by atoms with van der Waals surface area (Å²) < 4.78 is 0.913. The molecule has 3 rings (SSSR count). The molecule has 0 fully saturated rings. The number of halogens is 1. The van der Waals surface area contributed by atoms with Gasteiger partial charge in [-0.05, 0) is 34.1 Å². The summed E-state index contributed by atoms with van der Waals surface area (Å²) in [6, 6.07) is 13.6. The highest BCUT2D eigenvalue weighted by atomic mass is 79.9. The Labute approximate surface area is 125 Å². The Morgan fingerprint density at radius 2 is 1.75 bits per heavy atom. The minimum absolute atomic E-state index is 0.218. The molecule has 5 heteroatoms. The number of hydrogen-bond donors (Lipinski definition) is 2. The number of para-hydroxylation sites is 1. The van der Waals surface area contributed by atoms with Gasteiger partial charge in [0.1, 0.15) is 0 Å². The van der Waals surface area contributed by atoms with Crippen molar-refractivity contribution in [2.24, 2.45) is 5.84 Å². The van der Waals surface area contributed by atoms with Gasteiger partial charge in [0.15, 0.2) is 0 Å². The first-order chi connectivity index (χ1) is 9.81. The molecule has 3 N–H and O–H groups in total. The van der Waals surface area contributed by atoms with Crippen LogP contribution in [0.3, 0.4) is 0 Å². The number of hydrazine groups is 1. The Morgan fingerprint density at radius 1 is 1.00 bits per heavy atom. The van der Waals surface area contributed by atoms with Crippen LogP contribution >= 0.6 is 15.9 Å². The van der Waals surface area contributed by atoms with E-state index in [2.05, 4.69) is 31.3 Å². The van der Waals surface area contributed by atoms with E-state index < -0.39 is 0 Å². The van der Waals surface area contributed by atoms with Gasteiger partial charge < -0.3 is 0 Å². The van der Waals surface area contributed by atoms with Crippen LogP contribution in [0.4, 0.5) is 0 Å². The molecule has 0 saturated heterocycles. The average molecular weight is 329 g/mol. The second kappa shape index (κ2) is 5.66. The third kappa shape index (κ3) is 2.31. The zero-order chi connectivity index (χ0) is 13.9. The largest absolute Gasteiger partial charge is 0.271 e. The molecule has 3 aromatic rings. The van der Waals surface area contributed by atoms with Gasteiger partial charge in [0, 0.05) is 27.8 Å². The van der Waals surface area contributed by atoms with Crippen molar-refractivity contribution in [3.8, 4) is 0 Å². The van der Waals surface area contributed by atoms with E-state index in [0.29, 0.717) is 0 Å². The number of rotatable bonds is 3. The Bertz CT molecular complexity index is 739. The van der Waals surface area contributed by atoms with Crippen molar-refractivity contribution >= 4 is 26.8 Å². The SMILES string of the molecule is NNC(c1ncccc1Br)c1cccc2cccnc12. The summed E-state index contributed by atoms with van der Waals surface area (Å²) in [7, 11) is 0. The van der Waals surface area contributed by atoms with E-state index in [9.17, 15) is 0 Å². The molecule has 4 nitrogen and oxygen atoms in total. The van der Waals surface area contributed by atoms with Crippen LogP contribution in [0.15, 0.2) is 59.3 Å². The van der Waals surface area contributed by atoms with Crippen molar-refractivity contribution in [1.82, 2.24) is 15.4 Å². The average Bonchev–Trinajstić information content (AvgIpc) is 2.50. The van der Waals surface area contributed by atoms with Crippen LogP contribution in [-0.2, 0) is 0 Å². The third-order valence-electron chi connectivity index (χ3n) is 3.20. The minimum Gasteiger partial charge on any atom is -0.271 e. The van der Waals surface area contributed by atoms with Crippen LogP contribution < -0.4 is 11.3 Å². The fourth-order valence-electron chi connectivity index (χ4n) is 2.29. The fraction of sp³-hybridized carbons (Fsp3) is 0.0667. The van der Waals surface area contributed by atoms with Crippen LogP contribution in [-0.4, -0.2) is 9.97 Å². The van der Waals surface area contributed by atoms with Crippen molar-refractivity contribution < 1.29 is 0 Å². The van der Waals surface area contributed by atoms with Crippen LogP contribution in [0.1, 0.15) is 17.3 Å². The van der Waals surface area contributed by atoms with E-state index in [1.54, 1.807) is 12.4 Å². The summed E-state index contributed by atoms with van der Waals surface area (Å²) in [6.07, 6.45) is 3.54. The first kappa shape index (κ1) is 13.2. The zero-order valence-corrected chi connectivity index (χ0v) is 12.2. The minimum atomic E-state index is -0.218. The second-order valence-corrected chi connectivity index (χ2v) is 5.25. The van der Waals surface area contributed by atoms with Gasteiger partial charge in [-0.3, -0.25) is 15.8 Å². The number of hydrogen-bond acceptors (Lipinski definition) is 4. The van der Waals surface area contributed by atoms with E-state index >= 15 is 0 Å². The number of nitrogens with two attached hydrogens (primary N) is 1. The highest BCUT2D eigenvalue weighted by molar-refractivity contribution is 9.10. The molecular formula is C15H13BrN4. The number of nitrogens with one attached hydrogen (secondary N) is 1. The highest BCUT2D eigenvalue weighted by Gasteiger charge is 2.19. The third-order valence-corrected chi connectivity index (χ3v) is 3.87. The van der Waals surface area contributed by atoms with Gasteiger partial charge in [0.05, 0.1) is 17.3 Å². The first-order valence-electron chi connectivity index (χ1n) is 6.21. The van der Waals surface area contributed by atoms with Gasteiger partial charge >= 0.3 is 0 Å². The normalized spacial score (nSPS) is 12.5. The van der Waals surface area contributed by atoms with Gasteiger partial charge in [-0.15, -0.1) is 0 Å². The van der Waals surface area contributed by atoms with E-state index in [1.165, 1.54) is 0 Å². The molecule has 20 heavy (non-hydrogen) atoms. The lowest BCUT2D eigenvalue weighted by Crippen LogP contribution is -2.30. The summed E-state index contributed by atoms with van der Waals surface area (Å²) >= 11 is 3.52. The van der Waals surface area contributed by atoms with Gasteiger partial charge in [0.2, 0.25) is 0 Å². The van der Waals surface area contributed by atoms with Crippen molar-refractivity contribution in [2.75, 3.05) is 0 Å². The number of benzene rings is 1. The molecular weight excluding hydrogens is 316 g/mol. The fourth-order valence-corrected chi connectivity index (χ4v) is 2.77. The Hall–Kier alpha value is -1.82. The van der Waals surface area contributed by atoms with E-state index in [0.717, 1.165) is 26.6 Å². The molecule has 0 amide bonds. The maximum Gasteiger partial charge on any atom is 0.0913 e. The molecule has 2 heterocycles. The highest BCUT2D eigenvalue weighted by Crippen LogP contribution is 2.29. The molecule has 1 aromatic carbocycles. The lowest BCUT2D eigenvalue weighted by molar-refractivity contribution is 0.621. The van der Waals surface area contributed by atoms with Gasteiger partial charge in [-0.25, -0.2) is 5.43 Å². The summed E-state index contributed by atoms with van der Waals surface area (Å²) in [4.78, 5) is 8.88. The van der Waals surface area contributed by atoms with E-state index in [4.69, 9.17) is 5.84 Å². The summed E-state index contributed by atoms with van der Waals surface area (Å²) in [6.45, 7) is 0. The maximum atomic E-state index is 5.76. The van der Waals surface area contributed by atoms with Crippen LogP contribution in [0.5, 0.6) is 0 Å². The van der Waals surface area contributed by atoms with Gasteiger partial charge in [-0.1, -0.05) is 24.3 Å². The van der Waals surface area contributed by atoms with Crippen molar-refractivity contribution in [2.45, 2.75) is 6.04 Å². The number of nitrogens with zero attached hydrogens (tertiary/aromatic N) is 2. The topological polar surface area (TPSA) is 63.8 Å². The molecule has 0 spiro atoms. The number of aromatic nitrogens is 2. The number of fused-ring (bicyclic) bond motifs is 1. The molecule has 0 aliphatic carbocycles. The molecule has 0 bridgehead atoms. The van der Waals surface area contributed by atoms with Crippen molar-refractivity contribution in [3.05, 3.63) is 70.6 Å². The summed E-state index contributed by atoms with van der Waals surface area (Å²) in [5, 5.41) is 1.08. The Balaban J connectivity index is 2.20. The first-order valence-corrected chi connectivity index (χ1v) is 7.00. The van der Waals surface area contributed by atoms with E-state index in [1.807, 2.05) is 42.5 Å². The predicted molar refractivity (Wildman–Crippen MR) is 82.8 cm³/mol. The standard InChI is InChI=1S/C15H13BrN4/c16-12-7-3-9-19-15(12)14(20-17)11-6-1-4-10-5-2-8-18-13(10)11/h1-9,14,20H,17H2.